The molecule has 0 bridgehead atoms. The van der Waals surface area contributed by atoms with Gasteiger partial charge in [-0.15, -0.1) is 11.3 Å². The van der Waals surface area contributed by atoms with E-state index in [1.165, 1.54) is 16.0 Å². The van der Waals surface area contributed by atoms with Gasteiger partial charge in [-0.25, -0.2) is 0 Å². The van der Waals surface area contributed by atoms with E-state index in [0.717, 1.165) is 4.34 Å². The molecule has 18 heavy (non-hydrogen) atoms. The molecule has 3 heteroatoms. The standard InChI is InChI=1S/C15H16ClNS/c1-11-5-3-4-6-14(11)12(2)9-17-10-13-7-8-15(16)18-13/h3-9,12H,10H2,1-2H3. The molecule has 1 unspecified atom stereocenters. The van der Waals surface area contributed by atoms with Crippen LogP contribution in [0.15, 0.2) is 41.4 Å². The Labute approximate surface area is 117 Å². The Balaban J connectivity index is 1.99. The average Bonchev–Trinajstić information content (AvgIpc) is 2.75. The molecule has 0 amide bonds. The zero-order valence-electron chi connectivity index (χ0n) is 10.6. The summed E-state index contributed by atoms with van der Waals surface area (Å²) in [4.78, 5) is 5.70. The molecular formula is C15H16ClNS. The summed E-state index contributed by atoms with van der Waals surface area (Å²) in [5.74, 6) is 0.349. The van der Waals surface area contributed by atoms with Gasteiger partial charge in [-0.3, -0.25) is 4.99 Å². The minimum Gasteiger partial charge on any atom is -0.291 e. The zero-order valence-corrected chi connectivity index (χ0v) is 12.1. The summed E-state index contributed by atoms with van der Waals surface area (Å²) in [5, 5.41) is 0. The van der Waals surface area contributed by atoms with Gasteiger partial charge in [-0.2, -0.15) is 0 Å². The van der Waals surface area contributed by atoms with Crippen LogP contribution in [0.1, 0.15) is 28.8 Å². The van der Waals surface area contributed by atoms with Gasteiger partial charge in [0.15, 0.2) is 0 Å². The highest BCUT2D eigenvalue weighted by Gasteiger charge is 2.04. The Morgan fingerprint density at radius 1 is 1.28 bits per heavy atom. The minimum atomic E-state index is 0.349. The van der Waals surface area contributed by atoms with Gasteiger partial charge in [0.2, 0.25) is 0 Å². The first-order valence-corrected chi connectivity index (χ1v) is 7.16. The van der Waals surface area contributed by atoms with Crippen molar-refractivity contribution in [3.05, 3.63) is 56.7 Å². The highest BCUT2D eigenvalue weighted by Crippen LogP contribution is 2.22. The van der Waals surface area contributed by atoms with Crippen LogP contribution in [0.25, 0.3) is 0 Å². The van der Waals surface area contributed by atoms with Crippen molar-refractivity contribution in [1.82, 2.24) is 0 Å². The fourth-order valence-corrected chi connectivity index (χ4v) is 2.94. The average molecular weight is 278 g/mol. The fourth-order valence-electron chi connectivity index (χ4n) is 1.92. The lowest BCUT2D eigenvalue weighted by molar-refractivity contribution is 0.995. The Kier molecular flexibility index (Phi) is 4.56. The van der Waals surface area contributed by atoms with Crippen molar-refractivity contribution in [2.45, 2.75) is 26.3 Å². The highest BCUT2D eigenvalue weighted by molar-refractivity contribution is 7.16. The summed E-state index contributed by atoms with van der Waals surface area (Å²) in [6.45, 7) is 5.03. The third-order valence-corrected chi connectivity index (χ3v) is 4.10. The second kappa shape index (κ2) is 6.17. The first kappa shape index (κ1) is 13.3. The lowest BCUT2D eigenvalue weighted by Crippen LogP contribution is -1.97. The number of aryl methyl sites for hydroxylation is 1. The monoisotopic (exact) mass is 277 g/mol. The van der Waals surface area contributed by atoms with Crippen molar-refractivity contribution in [2.75, 3.05) is 0 Å². The third kappa shape index (κ3) is 3.44. The van der Waals surface area contributed by atoms with Crippen molar-refractivity contribution in [2.24, 2.45) is 4.99 Å². The van der Waals surface area contributed by atoms with Gasteiger partial charge in [0.25, 0.3) is 0 Å². The number of nitrogens with zero attached hydrogens (tertiary/aromatic N) is 1. The van der Waals surface area contributed by atoms with E-state index >= 15 is 0 Å². The number of benzene rings is 1. The molecule has 0 saturated heterocycles. The highest BCUT2D eigenvalue weighted by atomic mass is 35.5. The molecule has 0 N–H and O–H groups in total. The van der Waals surface area contributed by atoms with Crippen molar-refractivity contribution in [1.29, 1.82) is 0 Å². The summed E-state index contributed by atoms with van der Waals surface area (Å²) in [7, 11) is 0. The number of hydrogen-bond acceptors (Lipinski definition) is 2. The molecule has 0 radical (unpaired) electrons. The minimum absolute atomic E-state index is 0.349. The summed E-state index contributed by atoms with van der Waals surface area (Å²) < 4.78 is 0.826. The van der Waals surface area contributed by atoms with Crippen molar-refractivity contribution in [3.8, 4) is 0 Å². The predicted molar refractivity (Wildman–Crippen MR) is 81.1 cm³/mol. The van der Waals surface area contributed by atoms with Crippen LogP contribution in [0.2, 0.25) is 4.34 Å². The van der Waals surface area contributed by atoms with E-state index in [0.29, 0.717) is 12.5 Å². The Hall–Kier alpha value is -1.12. The topological polar surface area (TPSA) is 12.4 Å². The molecule has 1 aromatic carbocycles. The lowest BCUT2D eigenvalue weighted by Gasteiger charge is -2.09. The van der Waals surface area contributed by atoms with Gasteiger partial charge in [0.1, 0.15) is 0 Å². The summed E-state index contributed by atoms with van der Waals surface area (Å²) in [6.07, 6.45) is 2.02. The quantitative estimate of drug-likeness (QED) is 0.691. The first-order chi connectivity index (χ1) is 8.66. The lowest BCUT2D eigenvalue weighted by atomic mass is 9.98. The third-order valence-electron chi connectivity index (χ3n) is 2.88. The van der Waals surface area contributed by atoms with Crippen LogP contribution in [0.4, 0.5) is 0 Å². The number of thiophene rings is 1. The zero-order chi connectivity index (χ0) is 13.0. The number of hydrogen-bond donors (Lipinski definition) is 0. The van der Waals surface area contributed by atoms with Crippen LogP contribution in [-0.2, 0) is 6.54 Å². The van der Waals surface area contributed by atoms with Crippen molar-refractivity contribution in [3.63, 3.8) is 0 Å². The van der Waals surface area contributed by atoms with Crippen LogP contribution in [0.5, 0.6) is 0 Å². The van der Waals surface area contributed by atoms with E-state index in [4.69, 9.17) is 11.6 Å². The van der Waals surface area contributed by atoms with Crippen molar-refractivity contribution >= 4 is 29.2 Å². The van der Waals surface area contributed by atoms with Crippen molar-refractivity contribution < 1.29 is 0 Å². The van der Waals surface area contributed by atoms with Crippen LogP contribution in [0, 0.1) is 6.92 Å². The van der Waals surface area contributed by atoms with E-state index in [9.17, 15) is 0 Å². The van der Waals surface area contributed by atoms with Gasteiger partial charge in [-0.05, 0) is 30.2 Å². The van der Waals surface area contributed by atoms with E-state index in [-0.39, 0.29) is 0 Å². The van der Waals surface area contributed by atoms with Gasteiger partial charge < -0.3 is 0 Å². The number of aliphatic imine (C=N–C) groups is 1. The first-order valence-electron chi connectivity index (χ1n) is 5.96. The normalized spacial score (nSPS) is 13.1. The van der Waals surface area contributed by atoms with Gasteiger partial charge >= 0.3 is 0 Å². The number of halogens is 1. The van der Waals surface area contributed by atoms with Crippen LogP contribution in [0.3, 0.4) is 0 Å². The summed E-state index contributed by atoms with van der Waals surface area (Å²) in [5.41, 5.74) is 2.65. The van der Waals surface area contributed by atoms with Crippen LogP contribution < -0.4 is 0 Å². The van der Waals surface area contributed by atoms with Crippen LogP contribution in [-0.4, -0.2) is 6.21 Å². The smallest absolute Gasteiger partial charge is 0.0931 e. The van der Waals surface area contributed by atoms with E-state index < -0.39 is 0 Å². The van der Waals surface area contributed by atoms with Gasteiger partial charge in [0, 0.05) is 17.0 Å². The number of rotatable bonds is 4. The van der Waals surface area contributed by atoms with Gasteiger partial charge in [-0.1, -0.05) is 42.8 Å². The van der Waals surface area contributed by atoms with Crippen LogP contribution >= 0.6 is 22.9 Å². The maximum absolute atomic E-state index is 5.89. The molecule has 0 saturated carbocycles. The molecule has 0 aliphatic heterocycles. The molecule has 2 rings (SSSR count). The molecule has 0 spiro atoms. The van der Waals surface area contributed by atoms with E-state index in [2.05, 4.69) is 43.1 Å². The largest absolute Gasteiger partial charge is 0.291 e. The second-order valence-corrected chi connectivity index (χ2v) is 6.14. The Morgan fingerprint density at radius 3 is 2.72 bits per heavy atom. The molecule has 1 nitrogen and oxygen atoms in total. The maximum Gasteiger partial charge on any atom is 0.0931 e. The fraction of sp³-hybridized carbons (Fsp3) is 0.267. The molecule has 2 aromatic rings. The Morgan fingerprint density at radius 2 is 2.06 bits per heavy atom. The molecule has 1 heterocycles. The summed E-state index contributed by atoms with van der Waals surface area (Å²) in [6, 6.07) is 12.4. The molecular weight excluding hydrogens is 262 g/mol. The molecule has 1 atom stereocenters. The Bertz CT molecular complexity index is 545. The summed E-state index contributed by atoms with van der Waals surface area (Å²) >= 11 is 7.48. The molecule has 94 valence electrons. The molecule has 1 aromatic heterocycles. The second-order valence-electron chi connectivity index (χ2n) is 4.34. The SMILES string of the molecule is Cc1ccccc1C(C)C=NCc1ccc(Cl)s1. The van der Waals surface area contributed by atoms with E-state index in [1.807, 2.05) is 18.3 Å². The molecule has 0 aliphatic rings. The molecule has 0 fully saturated rings. The maximum atomic E-state index is 5.89. The molecule has 0 aliphatic carbocycles. The van der Waals surface area contributed by atoms with E-state index in [1.54, 1.807) is 11.3 Å². The van der Waals surface area contributed by atoms with Gasteiger partial charge in [0.05, 0.1) is 10.9 Å². The predicted octanol–water partition coefficient (Wildman–Crippen LogP) is 5.08.